The van der Waals surface area contributed by atoms with Crippen LogP contribution in [0.2, 0.25) is 0 Å². The molecular formula is C10H12N6O2. The second kappa shape index (κ2) is 4.70. The normalized spacial score (nSPS) is 10.3. The maximum atomic E-state index is 10.9. The molecule has 0 aliphatic carbocycles. The lowest BCUT2D eigenvalue weighted by Crippen LogP contribution is -2.09. The first-order valence-corrected chi connectivity index (χ1v) is 5.13. The fourth-order valence-corrected chi connectivity index (χ4v) is 1.38. The van der Waals surface area contributed by atoms with Crippen molar-refractivity contribution in [3.63, 3.8) is 0 Å². The highest BCUT2D eigenvalue weighted by Gasteiger charge is 2.10. The molecule has 0 aliphatic rings. The monoisotopic (exact) mass is 248 g/mol. The number of aromatic carboxylic acids is 1. The number of hydrogen-bond donors (Lipinski definition) is 3. The maximum Gasteiger partial charge on any atom is 0.337 e. The number of nitrogens with one attached hydrogen (secondary N) is 1. The lowest BCUT2D eigenvalue weighted by atomic mass is 10.2. The summed E-state index contributed by atoms with van der Waals surface area (Å²) in [7, 11) is 1.82. The number of carboxylic acid groups (broad SMARTS) is 1. The molecule has 0 amide bonds. The molecule has 2 rings (SSSR count). The number of aromatic nitrogens is 4. The number of anilines is 2. The highest BCUT2D eigenvalue weighted by Crippen LogP contribution is 2.15. The van der Waals surface area contributed by atoms with E-state index in [1.165, 1.54) is 12.3 Å². The van der Waals surface area contributed by atoms with E-state index in [0.717, 1.165) is 0 Å². The highest BCUT2D eigenvalue weighted by molar-refractivity contribution is 5.94. The maximum absolute atomic E-state index is 10.9. The average molecular weight is 248 g/mol. The molecule has 8 nitrogen and oxygen atoms in total. The number of hydrogen-bond acceptors (Lipinski definition) is 6. The van der Waals surface area contributed by atoms with Crippen LogP contribution in [0.25, 0.3) is 0 Å². The lowest BCUT2D eigenvalue weighted by Gasteiger charge is -2.07. The molecule has 0 aromatic carbocycles. The molecule has 2 aromatic rings. The number of nitrogen functional groups attached to an aromatic ring is 1. The van der Waals surface area contributed by atoms with Gasteiger partial charge >= 0.3 is 5.97 Å². The van der Waals surface area contributed by atoms with E-state index in [1.807, 2.05) is 7.05 Å². The first-order chi connectivity index (χ1) is 8.58. The van der Waals surface area contributed by atoms with Gasteiger partial charge in [0.2, 0.25) is 0 Å². The van der Waals surface area contributed by atoms with Crippen molar-refractivity contribution in [1.29, 1.82) is 0 Å². The van der Waals surface area contributed by atoms with Gasteiger partial charge in [-0.3, -0.25) is 0 Å². The van der Waals surface area contributed by atoms with Gasteiger partial charge in [-0.2, -0.15) is 0 Å². The average Bonchev–Trinajstić information content (AvgIpc) is 2.73. The summed E-state index contributed by atoms with van der Waals surface area (Å²) >= 11 is 0. The molecule has 0 atom stereocenters. The van der Waals surface area contributed by atoms with E-state index >= 15 is 0 Å². The van der Waals surface area contributed by atoms with Crippen LogP contribution in [0.3, 0.4) is 0 Å². The Kier molecular flexibility index (Phi) is 3.09. The number of carboxylic acids is 1. The predicted molar refractivity (Wildman–Crippen MR) is 63.9 cm³/mol. The van der Waals surface area contributed by atoms with Crippen LogP contribution in [0.4, 0.5) is 11.5 Å². The minimum atomic E-state index is -1.09. The molecule has 0 saturated heterocycles. The molecule has 18 heavy (non-hydrogen) atoms. The Labute approximate surface area is 102 Å². The van der Waals surface area contributed by atoms with E-state index in [0.29, 0.717) is 18.2 Å². The fourth-order valence-electron chi connectivity index (χ4n) is 1.38. The van der Waals surface area contributed by atoms with Crippen LogP contribution in [-0.2, 0) is 13.6 Å². The SMILES string of the molecule is Cn1cnnc1CNc1cc(C(=O)O)c(N)cn1. The van der Waals surface area contributed by atoms with Gasteiger partial charge in [-0.15, -0.1) is 10.2 Å². The summed E-state index contributed by atoms with van der Waals surface area (Å²) in [5, 5.41) is 19.5. The van der Waals surface area contributed by atoms with Crippen molar-refractivity contribution in [2.24, 2.45) is 7.05 Å². The predicted octanol–water partition coefficient (Wildman–Crippen LogP) is 0.103. The summed E-state index contributed by atoms with van der Waals surface area (Å²) in [5.74, 6) is 0.0479. The van der Waals surface area contributed by atoms with Crippen molar-refractivity contribution in [2.75, 3.05) is 11.1 Å². The molecule has 0 aliphatic heterocycles. The molecular weight excluding hydrogens is 236 g/mol. The third-order valence-corrected chi connectivity index (χ3v) is 2.40. The zero-order valence-corrected chi connectivity index (χ0v) is 9.66. The zero-order chi connectivity index (χ0) is 13.1. The molecule has 0 bridgehead atoms. The van der Waals surface area contributed by atoms with Crippen LogP contribution in [0.5, 0.6) is 0 Å². The van der Waals surface area contributed by atoms with Crippen LogP contribution in [0, 0.1) is 0 Å². The molecule has 0 unspecified atom stereocenters. The fraction of sp³-hybridized carbons (Fsp3) is 0.200. The van der Waals surface area contributed by atoms with Crippen molar-refractivity contribution in [2.45, 2.75) is 6.54 Å². The van der Waals surface area contributed by atoms with Gasteiger partial charge in [0.25, 0.3) is 0 Å². The molecule has 0 fully saturated rings. The van der Waals surface area contributed by atoms with Gasteiger partial charge in [0.15, 0.2) is 5.82 Å². The molecule has 8 heteroatoms. The number of rotatable bonds is 4. The first-order valence-electron chi connectivity index (χ1n) is 5.13. The quantitative estimate of drug-likeness (QED) is 0.702. The van der Waals surface area contributed by atoms with Crippen LogP contribution in [0.15, 0.2) is 18.6 Å². The van der Waals surface area contributed by atoms with Crippen LogP contribution < -0.4 is 11.1 Å². The minimum Gasteiger partial charge on any atom is -0.478 e. The Morgan fingerprint density at radius 2 is 2.39 bits per heavy atom. The van der Waals surface area contributed by atoms with E-state index < -0.39 is 5.97 Å². The molecule has 2 heterocycles. The summed E-state index contributed by atoms with van der Waals surface area (Å²) in [6, 6.07) is 1.38. The van der Waals surface area contributed by atoms with E-state index in [4.69, 9.17) is 10.8 Å². The topological polar surface area (TPSA) is 119 Å². The summed E-state index contributed by atoms with van der Waals surface area (Å²) in [6.07, 6.45) is 2.89. The largest absolute Gasteiger partial charge is 0.478 e. The Morgan fingerprint density at radius 1 is 1.61 bits per heavy atom. The van der Waals surface area contributed by atoms with Gasteiger partial charge in [-0.1, -0.05) is 0 Å². The Morgan fingerprint density at radius 3 is 3.00 bits per heavy atom. The summed E-state index contributed by atoms with van der Waals surface area (Å²) in [5.41, 5.74) is 5.66. The molecule has 2 aromatic heterocycles. The lowest BCUT2D eigenvalue weighted by molar-refractivity contribution is 0.0698. The minimum absolute atomic E-state index is 0.0189. The van der Waals surface area contributed by atoms with E-state index in [2.05, 4.69) is 20.5 Å². The number of carbonyl (C=O) groups is 1. The summed E-state index contributed by atoms with van der Waals surface area (Å²) in [6.45, 7) is 0.395. The van der Waals surface area contributed by atoms with Gasteiger partial charge in [0, 0.05) is 7.05 Å². The number of pyridine rings is 1. The summed E-state index contributed by atoms with van der Waals surface area (Å²) in [4.78, 5) is 14.9. The molecule has 0 spiro atoms. The van der Waals surface area contributed by atoms with E-state index in [-0.39, 0.29) is 11.3 Å². The van der Waals surface area contributed by atoms with Crippen molar-refractivity contribution < 1.29 is 9.90 Å². The Hall–Kier alpha value is -2.64. The Balaban J connectivity index is 2.13. The van der Waals surface area contributed by atoms with Gasteiger partial charge in [0.1, 0.15) is 12.1 Å². The molecule has 94 valence electrons. The number of nitrogens with zero attached hydrogens (tertiary/aromatic N) is 4. The third kappa shape index (κ3) is 2.37. The van der Waals surface area contributed by atoms with Gasteiger partial charge < -0.3 is 20.7 Å². The number of aryl methyl sites for hydroxylation is 1. The summed E-state index contributed by atoms with van der Waals surface area (Å²) < 4.78 is 1.75. The highest BCUT2D eigenvalue weighted by atomic mass is 16.4. The second-order valence-electron chi connectivity index (χ2n) is 3.67. The zero-order valence-electron chi connectivity index (χ0n) is 9.66. The molecule has 0 radical (unpaired) electrons. The van der Waals surface area contributed by atoms with Crippen LogP contribution in [-0.4, -0.2) is 30.8 Å². The van der Waals surface area contributed by atoms with Gasteiger partial charge in [0.05, 0.1) is 24.0 Å². The molecule has 0 saturated carbocycles. The number of nitrogens with two attached hydrogens (primary N) is 1. The van der Waals surface area contributed by atoms with Crippen molar-refractivity contribution in [3.05, 3.63) is 30.0 Å². The van der Waals surface area contributed by atoms with Crippen molar-refractivity contribution >= 4 is 17.5 Å². The standard InChI is InChI=1S/C10H12N6O2/c1-16-5-14-15-9(16)4-13-8-2-6(10(17)18)7(11)3-12-8/h2-3,5H,4,11H2,1H3,(H,12,13)(H,17,18). The third-order valence-electron chi connectivity index (χ3n) is 2.40. The second-order valence-corrected chi connectivity index (χ2v) is 3.67. The van der Waals surface area contributed by atoms with Gasteiger partial charge in [-0.25, -0.2) is 9.78 Å². The van der Waals surface area contributed by atoms with Crippen molar-refractivity contribution in [1.82, 2.24) is 19.7 Å². The van der Waals surface area contributed by atoms with Crippen LogP contribution >= 0.6 is 0 Å². The van der Waals surface area contributed by atoms with Gasteiger partial charge in [-0.05, 0) is 6.07 Å². The molecule has 4 N–H and O–H groups in total. The first kappa shape index (κ1) is 11.8. The van der Waals surface area contributed by atoms with Crippen molar-refractivity contribution in [3.8, 4) is 0 Å². The van der Waals surface area contributed by atoms with Crippen LogP contribution in [0.1, 0.15) is 16.2 Å². The van der Waals surface area contributed by atoms with E-state index in [1.54, 1.807) is 10.9 Å². The van der Waals surface area contributed by atoms with E-state index in [9.17, 15) is 4.79 Å². The Bertz CT molecular complexity index is 579. The smallest absolute Gasteiger partial charge is 0.337 e.